The van der Waals surface area contributed by atoms with E-state index < -0.39 is 0 Å². The maximum Gasteiger partial charge on any atom is 0.241 e. The van der Waals surface area contributed by atoms with Crippen LogP contribution in [0.15, 0.2) is 54.6 Å². The molecule has 2 heterocycles. The number of carbonyl (C=O) groups is 1. The van der Waals surface area contributed by atoms with Gasteiger partial charge in [0.25, 0.3) is 0 Å². The molecule has 0 aliphatic carbocycles. The van der Waals surface area contributed by atoms with Crippen LogP contribution in [0.4, 0.5) is 5.69 Å². The smallest absolute Gasteiger partial charge is 0.241 e. The lowest BCUT2D eigenvalue weighted by Gasteiger charge is -2.37. The summed E-state index contributed by atoms with van der Waals surface area (Å²) in [5.74, 6) is 0.0501. The molecule has 4 rings (SSSR count). The van der Waals surface area contributed by atoms with Crippen LogP contribution in [0.5, 0.6) is 0 Å². The molecular formula is C24H27N5OS. The quantitative estimate of drug-likeness (QED) is 0.565. The Balaban J connectivity index is 1.34. The Labute approximate surface area is 187 Å². The van der Waals surface area contributed by atoms with Crippen molar-refractivity contribution in [3.05, 3.63) is 59.6 Å². The third-order valence-electron chi connectivity index (χ3n) is 5.80. The van der Waals surface area contributed by atoms with E-state index in [1.165, 1.54) is 4.70 Å². The zero-order valence-corrected chi connectivity index (χ0v) is 18.6. The normalized spacial score (nSPS) is 16.1. The van der Waals surface area contributed by atoms with Crippen molar-refractivity contribution in [3.8, 4) is 6.07 Å². The first-order valence-electron chi connectivity index (χ1n) is 10.7. The molecular weight excluding hydrogens is 406 g/mol. The van der Waals surface area contributed by atoms with Crippen LogP contribution in [-0.4, -0.2) is 60.0 Å². The molecule has 160 valence electrons. The highest BCUT2D eigenvalue weighted by molar-refractivity contribution is 7.18. The molecule has 0 N–H and O–H groups in total. The van der Waals surface area contributed by atoms with Gasteiger partial charge in [-0.15, -0.1) is 11.3 Å². The number of fused-ring (bicyclic) bond motifs is 1. The molecule has 1 amide bonds. The van der Waals surface area contributed by atoms with E-state index in [2.05, 4.69) is 41.0 Å². The Morgan fingerprint density at radius 2 is 1.84 bits per heavy atom. The van der Waals surface area contributed by atoms with E-state index in [9.17, 15) is 4.79 Å². The summed E-state index contributed by atoms with van der Waals surface area (Å²) in [4.78, 5) is 24.2. The first kappa shape index (κ1) is 21.4. The van der Waals surface area contributed by atoms with Gasteiger partial charge in [-0.2, -0.15) is 5.26 Å². The van der Waals surface area contributed by atoms with E-state index >= 15 is 0 Å². The van der Waals surface area contributed by atoms with E-state index in [1.807, 2.05) is 36.4 Å². The van der Waals surface area contributed by atoms with Gasteiger partial charge in [0.05, 0.1) is 35.3 Å². The molecule has 1 aromatic heterocycles. The van der Waals surface area contributed by atoms with Crippen LogP contribution in [-0.2, 0) is 4.79 Å². The number of hydrogen-bond acceptors (Lipinski definition) is 6. The van der Waals surface area contributed by atoms with Gasteiger partial charge in [0.1, 0.15) is 5.01 Å². The maximum atomic E-state index is 13.0. The van der Waals surface area contributed by atoms with Gasteiger partial charge in [-0.25, -0.2) is 4.98 Å². The van der Waals surface area contributed by atoms with Crippen LogP contribution in [0.3, 0.4) is 0 Å². The minimum Gasteiger partial charge on any atom is -0.310 e. The van der Waals surface area contributed by atoms with Crippen molar-refractivity contribution in [1.29, 1.82) is 5.26 Å². The molecule has 1 fully saturated rings. The second-order valence-corrected chi connectivity index (χ2v) is 8.86. The van der Waals surface area contributed by atoms with Crippen molar-refractivity contribution in [1.82, 2.24) is 14.8 Å². The largest absolute Gasteiger partial charge is 0.310 e. The molecule has 3 aromatic rings. The fourth-order valence-corrected chi connectivity index (χ4v) is 5.03. The summed E-state index contributed by atoms with van der Waals surface area (Å²) in [6.45, 7) is 6.54. The van der Waals surface area contributed by atoms with Gasteiger partial charge < -0.3 is 4.90 Å². The number of hydrogen-bond donors (Lipinski definition) is 0. The topological polar surface area (TPSA) is 63.5 Å². The van der Waals surface area contributed by atoms with E-state index in [1.54, 1.807) is 16.2 Å². The summed E-state index contributed by atoms with van der Waals surface area (Å²) in [5.41, 5.74) is 1.92. The van der Waals surface area contributed by atoms with E-state index in [0.717, 1.165) is 42.4 Å². The number of thiazole rings is 1. The highest BCUT2D eigenvalue weighted by Gasteiger charge is 2.26. The van der Waals surface area contributed by atoms with Gasteiger partial charge in [0.2, 0.25) is 5.91 Å². The minimum atomic E-state index is 0.0501. The van der Waals surface area contributed by atoms with Crippen LogP contribution >= 0.6 is 11.3 Å². The van der Waals surface area contributed by atoms with Crippen LogP contribution in [0.1, 0.15) is 24.4 Å². The first-order valence-corrected chi connectivity index (χ1v) is 11.5. The molecule has 1 aliphatic heterocycles. The van der Waals surface area contributed by atoms with Gasteiger partial charge >= 0.3 is 0 Å². The average molecular weight is 434 g/mol. The van der Waals surface area contributed by atoms with E-state index in [0.29, 0.717) is 19.5 Å². The van der Waals surface area contributed by atoms with Crippen LogP contribution in [0.2, 0.25) is 0 Å². The lowest BCUT2D eigenvalue weighted by Crippen LogP contribution is -2.50. The number of nitriles is 1. The number of benzene rings is 2. The molecule has 0 saturated carbocycles. The number of amides is 1. The highest BCUT2D eigenvalue weighted by atomic mass is 32.1. The molecule has 2 aromatic carbocycles. The molecule has 6 nitrogen and oxygen atoms in total. The number of carbonyl (C=O) groups excluding carboxylic acids is 1. The molecule has 1 aliphatic rings. The van der Waals surface area contributed by atoms with E-state index in [4.69, 9.17) is 10.2 Å². The average Bonchev–Trinajstić information content (AvgIpc) is 3.24. The third kappa shape index (κ3) is 5.10. The Morgan fingerprint density at radius 3 is 2.55 bits per heavy atom. The Kier molecular flexibility index (Phi) is 6.92. The Morgan fingerprint density at radius 1 is 1.13 bits per heavy atom. The van der Waals surface area contributed by atoms with Crippen molar-refractivity contribution in [2.45, 2.75) is 19.4 Å². The third-order valence-corrected chi connectivity index (χ3v) is 7.00. The summed E-state index contributed by atoms with van der Waals surface area (Å²) in [7, 11) is 0. The molecule has 1 saturated heterocycles. The predicted molar refractivity (Wildman–Crippen MR) is 125 cm³/mol. The second kappa shape index (κ2) is 10.0. The lowest BCUT2D eigenvalue weighted by molar-refractivity contribution is -0.120. The number of para-hydroxylation sites is 2. The Hall–Kier alpha value is -2.79. The predicted octanol–water partition coefficient (Wildman–Crippen LogP) is 3.92. The van der Waals surface area contributed by atoms with Gasteiger partial charge in [0.15, 0.2) is 0 Å². The van der Waals surface area contributed by atoms with E-state index in [-0.39, 0.29) is 11.9 Å². The van der Waals surface area contributed by atoms with Crippen molar-refractivity contribution in [3.63, 3.8) is 0 Å². The molecule has 31 heavy (non-hydrogen) atoms. The number of piperazine rings is 1. The van der Waals surface area contributed by atoms with Crippen LogP contribution in [0, 0.1) is 11.3 Å². The number of anilines is 1. The fourth-order valence-electron chi connectivity index (χ4n) is 3.98. The summed E-state index contributed by atoms with van der Waals surface area (Å²) < 4.78 is 1.23. The summed E-state index contributed by atoms with van der Waals surface area (Å²) in [6, 6.07) is 20.3. The van der Waals surface area contributed by atoms with Gasteiger partial charge in [-0.05, 0) is 31.2 Å². The number of aromatic nitrogens is 1. The SMILES string of the molecule is C[C@H](c1nc2ccccc2s1)N1CCN(CC(=O)N(CCC#N)c2ccccc2)CC1. The highest BCUT2D eigenvalue weighted by Crippen LogP contribution is 2.30. The Bertz CT molecular complexity index is 1020. The van der Waals surface area contributed by atoms with Crippen molar-refractivity contribution < 1.29 is 4.79 Å². The standard InChI is InChI=1S/C24H27N5OS/c1-19(24-26-21-10-5-6-11-22(21)31-24)28-16-14-27(15-17-28)18-23(30)29(13-7-12-25)20-8-3-2-4-9-20/h2-6,8-11,19H,7,13-18H2,1H3/t19-/m1/s1. The van der Waals surface area contributed by atoms with Gasteiger partial charge in [0, 0.05) is 38.4 Å². The molecule has 1 atom stereocenters. The molecule has 0 bridgehead atoms. The maximum absolute atomic E-state index is 13.0. The van der Waals surface area contributed by atoms with Crippen molar-refractivity contribution in [2.75, 3.05) is 44.2 Å². The zero-order valence-electron chi connectivity index (χ0n) is 17.8. The summed E-state index contributed by atoms with van der Waals surface area (Å²) >= 11 is 1.77. The summed E-state index contributed by atoms with van der Waals surface area (Å²) in [6.07, 6.45) is 0.327. The minimum absolute atomic E-state index is 0.0501. The lowest BCUT2D eigenvalue weighted by atomic mass is 10.2. The zero-order chi connectivity index (χ0) is 21.6. The van der Waals surface area contributed by atoms with Crippen LogP contribution in [0.25, 0.3) is 10.2 Å². The molecule has 0 radical (unpaired) electrons. The van der Waals surface area contributed by atoms with Crippen molar-refractivity contribution >= 4 is 33.1 Å². The van der Waals surface area contributed by atoms with Crippen LogP contribution < -0.4 is 4.90 Å². The monoisotopic (exact) mass is 433 g/mol. The fraction of sp³-hybridized carbons (Fsp3) is 0.375. The molecule has 0 spiro atoms. The van der Waals surface area contributed by atoms with Gasteiger partial charge in [-0.3, -0.25) is 14.6 Å². The summed E-state index contributed by atoms with van der Waals surface area (Å²) in [5, 5.41) is 10.1. The number of nitrogens with zero attached hydrogens (tertiary/aromatic N) is 5. The molecule has 0 unspecified atom stereocenters. The number of rotatable bonds is 7. The van der Waals surface area contributed by atoms with Crippen molar-refractivity contribution in [2.24, 2.45) is 0 Å². The second-order valence-electron chi connectivity index (χ2n) is 7.80. The van der Waals surface area contributed by atoms with Gasteiger partial charge in [-0.1, -0.05) is 30.3 Å². The molecule has 7 heteroatoms. The first-order chi connectivity index (χ1) is 15.2.